The van der Waals surface area contributed by atoms with E-state index in [1.54, 1.807) is 48.5 Å². The van der Waals surface area contributed by atoms with Gasteiger partial charge in [0, 0.05) is 18.0 Å². The summed E-state index contributed by atoms with van der Waals surface area (Å²) in [6, 6.07) is 25.4. The Labute approximate surface area is 217 Å². The van der Waals surface area contributed by atoms with Gasteiger partial charge in [0.25, 0.3) is 10.0 Å². The van der Waals surface area contributed by atoms with Crippen LogP contribution in [0.1, 0.15) is 28.9 Å². The molecule has 1 aliphatic rings. The lowest BCUT2D eigenvalue weighted by atomic mass is 9.95. The van der Waals surface area contributed by atoms with Crippen LogP contribution in [-0.4, -0.2) is 43.3 Å². The van der Waals surface area contributed by atoms with E-state index >= 15 is 0 Å². The summed E-state index contributed by atoms with van der Waals surface area (Å²) >= 11 is 0. The monoisotopic (exact) mass is 514 g/mol. The van der Waals surface area contributed by atoms with Crippen molar-refractivity contribution in [2.45, 2.75) is 24.3 Å². The van der Waals surface area contributed by atoms with Gasteiger partial charge in [-0.25, -0.2) is 12.4 Å². The molecule has 0 saturated carbocycles. The van der Waals surface area contributed by atoms with E-state index in [1.807, 2.05) is 12.1 Å². The van der Waals surface area contributed by atoms with Crippen LogP contribution in [0.2, 0.25) is 0 Å². The van der Waals surface area contributed by atoms with Crippen LogP contribution in [0, 0.1) is 5.92 Å². The standard InChI is InChI=1S/C30H30N2O4S/c1-36-26-14-13-25-20-29(32(28(25)21-26)37(34,35)27-10-6-3-7-11-27)30(33)15-12-23-16-18-31(19-17-23)22-24-8-4-2-5-9-24/h2-15,20-21,23H,16-19,22H2,1H3. The minimum absolute atomic E-state index is 0.116. The van der Waals surface area contributed by atoms with Crippen LogP contribution >= 0.6 is 0 Å². The van der Waals surface area contributed by atoms with Crippen molar-refractivity contribution in [1.29, 1.82) is 0 Å². The van der Waals surface area contributed by atoms with Crippen molar-refractivity contribution in [1.82, 2.24) is 8.87 Å². The van der Waals surface area contributed by atoms with E-state index < -0.39 is 10.0 Å². The Hall–Kier alpha value is -3.68. The molecule has 1 aliphatic heterocycles. The van der Waals surface area contributed by atoms with Crippen molar-refractivity contribution in [2.75, 3.05) is 20.2 Å². The second-order valence-corrected chi connectivity index (χ2v) is 11.1. The Morgan fingerprint density at radius 3 is 2.30 bits per heavy atom. The Morgan fingerprint density at radius 1 is 0.946 bits per heavy atom. The number of likely N-dealkylation sites (tertiary alicyclic amines) is 1. The summed E-state index contributed by atoms with van der Waals surface area (Å²) in [5.74, 6) is 0.466. The predicted octanol–water partition coefficient (Wildman–Crippen LogP) is 5.54. The molecule has 0 aliphatic carbocycles. The van der Waals surface area contributed by atoms with Gasteiger partial charge in [-0.2, -0.15) is 0 Å². The Bertz CT molecular complexity index is 1520. The minimum Gasteiger partial charge on any atom is -0.497 e. The third-order valence-electron chi connectivity index (χ3n) is 6.90. The molecular weight excluding hydrogens is 484 g/mol. The first-order valence-electron chi connectivity index (χ1n) is 12.4. The van der Waals surface area contributed by atoms with Crippen molar-refractivity contribution in [3.63, 3.8) is 0 Å². The SMILES string of the molecule is COc1ccc2cc(C(=O)C=CC3CCN(Cc4ccccc4)CC3)n(S(=O)(=O)c3ccccc3)c2c1. The molecule has 0 unspecified atom stereocenters. The van der Waals surface area contributed by atoms with Crippen LogP contribution in [0.15, 0.2) is 102 Å². The summed E-state index contributed by atoms with van der Waals surface area (Å²) in [6.07, 6.45) is 5.40. The molecule has 0 amide bonds. The number of carbonyl (C=O) groups is 1. The lowest BCUT2D eigenvalue weighted by molar-refractivity contribution is 0.104. The zero-order valence-corrected chi connectivity index (χ0v) is 21.6. The highest BCUT2D eigenvalue weighted by molar-refractivity contribution is 7.90. The molecule has 1 saturated heterocycles. The molecule has 1 fully saturated rings. The average Bonchev–Trinajstić information content (AvgIpc) is 3.33. The zero-order chi connectivity index (χ0) is 25.8. The van der Waals surface area contributed by atoms with Crippen molar-refractivity contribution in [3.8, 4) is 5.75 Å². The van der Waals surface area contributed by atoms with Crippen LogP contribution in [-0.2, 0) is 16.6 Å². The first-order chi connectivity index (χ1) is 18.0. The number of benzene rings is 3. The first-order valence-corrected chi connectivity index (χ1v) is 13.9. The van der Waals surface area contributed by atoms with Crippen molar-refractivity contribution >= 4 is 26.7 Å². The van der Waals surface area contributed by atoms with Gasteiger partial charge >= 0.3 is 0 Å². The maximum absolute atomic E-state index is 13.7. The number of piperidine rings is 1. The molecule has 4 aromatic rings. The van der Waals surface area contributed by atoms with Crippen LogP contribution in [0.5, 0.6) is 5.75 Å². The van der Waals surface area contributed by atoms with E-state index in [2.05, 4.69) is 29.2 Å². The predicted molar refractivity (Wildman–Crippen MR) is 145 cm³/mol. The number of nitrogens with zero attached hydrogens (tertiary/aromatic N) is 2. The molecule has 5 rings (SSSR count). The van der Waals surface area contributed by atoms with E-state index in [0.29, 0.717) is 16.7 Å². The van der Waals surface area contributed by atoms with Crippen molar-refractivity contribution in [2.24, 2.45) is 5.92 Å². The summed E-state index contributed by atoms with van der Waals surface area (Å²) in [7, 11) is -2.48. The Morgan fingerprint density at radius 2 is 1.62 bits per heavy atom. The van der Waals surface area contributed by atoms with Gasteiger partial charge in [-0.3, -0.25) is 9.69 Å². The number of hydrogen-bond donors (Lipinski definition) is 0. The summed E-state index contributed by atoms with van der Waals surface area (Å²) in [4.78, 5) is 16.0. The van der Waals surface area contributed by atoms with E-state index in [4.69, 9.17) is 4.74 Å². The van der Waals surface area contributed by atoms with Crippen molar-refractivity contribution < 1.29 is 17.9 Å². The fraction of sp³-hybridized carbons (Fsp3) is 0.233. The average molecular weight is 515 g/mol. The fourth-order valence-electron chi connectivity index (χ4n) is 4.87. The van der Waals surface area contributed by atoms with Crippen LogP contribution in [0.25, 0.3) is 10.9 Å². The number of carbonyl (C=O) groups excluding carboxylic acids is 1. The third kappa shape index (κ3) is 5.38. The molecule has 0 atom stereocenters. The lowest BCUT2D eigenvalue weighted by Gasteiger charge is -2.30. The van der Waals surface area contributed by atoms with E-state index in [1.165, 1.54) is 24.8 Å². The summed E-state index contributed by atoms with van der Waals surface area (Å²) in [6.45, 7) is 2.85. The van der Waals surface area contributed by atoms with Gasteiger partial charge < -0.3 is 4.74 Å². The number of allylic oxidation sites excluding steroid dienone is 2. The summed E-state index contributed by atoms with van der Waals surface area (Å²) < 4.78 is 33.8. The quantitative estimate of drug-likeness (QED) is 0.228. The highest BCUT2D eigenvalue weighted by Gasteiger charge is 2.26. The normalized spacial score (nSPS) is 15.4. The van der Waals surface area contributed by atoms with E-state index in [-0.39, 0.29) is 22.3 Å². The van der Waals surface area contributed by atoms with Crippen LogP contribution < -0.4 is 4.74 Å². The number of rotatable bonds is 8. The maximum Gasteiger partial charge on any atom is 0.268 e. The van der Waals surface area contributed by atoms with Gasteiger partial charge in [-0.1, -0.05) is 54.6 Å². The highest BCUT2D eigenvalue weighted by atomic mass is 32.2. The molecule has 7 heteroatoms. The zero-order valence-electron chi connectivity index (χ0n) is 20.8. The van der Waals surface area contributed by atoms with E-state index in [9.17, 15) is 13.2 Å². The summed E-state index contributed by atoms with van der Waals surface area (Å²) in [5, 5.41) is 0.659. The largest absolute Gasteiger partial charge is 0.497 e. The second-order valence-electron chi connectivity index (χ2n) is 9.36. The van der Waals surface area contributed by atoms with Gasteiger partial charge in [-0.15, -0.1) is 0 Å². The number of ketones is 1. The highest BCUT2D eigenvalue weighted by Crippen LogP contribution is 2.30. The molecule has 0 bridgehead atoms. The van der Waals surface area contributed by atoms with Gasteiger partial charge in [0.1, 0.15) is 11.4 Å². The molecule has 0 N–H and O–H groups in total. The number of ether oxygens (including phenoxy) is 1. The topological polar surface area (TPSA) is 68.6 Å². The minimum atomic E-state index is -4.00. The fourth-order valence-corrected chi connectivity index (χ4v) is 6.40. The second kappa shape index (κ2) is 10.7. The van der Waals surface area contributed by atoms with Gasteiger partial charge in [-0.05, 0) is 73.8 Å². The third-order valence-corrected chi connectivity index (χ3v) is 8.64. The Kier molecular flexibility index (Phi) is 7.26. The summed E-state index contributed by atoms with van der Waals surface area (Å²) in [5.41, 5.74) is 1.83. The number of aromatic nitrogens is 1. The lowest BCUT2D eigenvalue weighted by Crippen LogP contribution is -2.32. The van der Waals surface area contributed by atoms with Crippen LogP contribution in [0.4, 0.5) is 0 Å². The number of hydrogen-bond acceptors (Lipinski definition) is 5. The van der Waals surface area contributed by atoms with Crippen LogP contribution in [0.3, 0.4) is 0 Å². The molecular formula is C30H30N2O4S. The molecule has 0 radical (unpaired) electrons. The van der Waals surface area contributed by atoms with Gasteiger partial charge in [0.2, 0.25) is 5.78 Å². The smallest absolute Gasteiger partial charge is 0.268 e. The molecule has 37 heavy (non-hydrogen) atoms. The van der Waals surface area contributed by atoms with E-state index in [0.717, 1.165) is 36.4 Å². The first kappa shape index (κ1) is 25.0. The van der Waals surface area contributed by atoms with Crippen molar-refractivity contribution in [3.05, 3.63) is 108 Å². The number of fused-ring (bicyclic) bond motifs is 1. The molecule has 3 aromatic carbocycles. The van der Waals surface area contributed by atoms with Gasteiger partial charge in [0.15, 0.2) is 0 Å². The Balaban J connectivity index is 1.39. The molecule has 0 spiro atoms. The molecule has 1 aromatic heterocycles. The number of methoxy groups -OCH3 is 1. The molecule has 190 valence electrons. The molecule has 6 nitrogen and oxygen atoms in total. The maximum atomic E-state index is 13.7. The van der Waals surface area contributed by atoms with Gasteiger partial charge in [0.05, 0.1) is 17.5 Å². The molecule has 2 heterocycles.